The van der Waals surface area contributed by atoms with Crippen LogP contribution in [0.1, 0.15) is 99.2 Å². The van der Waals surface area contributed by atoms with E-state index in [9.17, 15) is 56.8 Å². The van der Waals surface area contributed by atoms with E-state index in [1.165, 1.54) is 45.0 Å². The lowest BCUT2D eigenvalue weighted by Gasteiger charge is -2.26. The number of rotatable bonds is 16. The van der Waals surface area contributed by atoms with Crippen LogP contribution in [0.5, 0.6) is 0 Å². The first-order chi connectivity index (χ1) is 31.9. The molecular formula is C44H42ClF10N7O5S2. The van der Waals surface area contributed by atoms with Gasteiger partial charge in [0.1, 0.15) is 30.4 Å². The lowest BCUT2D eigenvalue weighted by Crippen LogP contribution is -2.36. The summed E-state index contributed by atoms with van der Waals surface area (Å²) < 4.78 is 202. The van der Waals surface area contributed by atoms with Crippen LogP contribution in [-0.4, -0.2) is 68.7 Å². The number of sulfone groups is 1. The molecule has 4 aliphatic rings. The van der Waals surface area contributed by atoms with E-state index in [0.717, 1.165) is 12.1 Å². The summed E-state index contributed by atoms with van der Waals surface area (Å²) in [6, 6.07) is 5.94. The number of sulfonamides is 1. The maximum absolute atomic E-state index is 15.8. The molecule has 3 fully saturated rings. The van der Waals surface area contributed by atoms with Gasteiger partial charge in [0.05, 0.1) is 42.9 Å². The molecule has 0 radical (unpaired) electrons. The molecule has 2 N–H and O–H groups in total. The Kier molecular flexibility index (Phi) is 11.6. The molecule has 0 saturated heterocycles. The van der Waals surface area contributed by atoms with Crippen LogP contribution in [0.3, 0.4) is 0 Å². The minimum absolute atomic E-state index is 0.0160. The van der Waals surface area contributed by atoms with Gasteiger partial charge in [0.15, 0.2) is 21.3 Å². The average Bonchev–Trinajstić information content (AvgIpc) is 4.14. The van der Waals surface area contributed by atoms with E-state index >= 15 is 8.78 Å². The molecule has 4 aliphatic carbocycles. The van der Waals surface area contributed by atoms with Gasteiger partial charge in [-0.3, -0.25) is 23.9 Å². The number of aromatic nitrogens is 5. The highest BCUT2D eigenvalue weighted by atomic mass is 35.5. The van der Waals surface area contributed by atoms with Gasteiger partial charge in [-0.15, -0.1) is 0 Å². The third-order valence-corrected chi connectivity index (χ3v) is 18.7. The van der Waals surface area contributed by atoms with Crippen LogP contribution in [0, 0.1) is 17.6 Å². The van der Waals surface area contributed by atoms with Crippen LogP contribution in [0.15, 0.2) is 42.5 Å². The number of fused-ring (bicyclic) bond motifs is 4. The van der Waals surface area contributed by atoms with E-state index in [4.69, 9.17) is 16.6 Å². The summed E-state index contributed by atoms with van der Waals surface area (Å²) >= 11 is 6.60. The number of amides is 1. The Labute approximate surface area is 393 Å². The number of carbonyl (C=O) groups is 1. The summed E-state index contributed by atoms with van der Waals surface area (Å²) in [5, 5.41) is 8.09. The molecule has 1 unspecified atom stereocenters. The first kappa shape index (κ1) is 49.0. The Bertz CT molecular complexity index is 3150. The molecule has 2 aromatic carbocycles. The molecule has 5 aromatic rings. The number of benzene rings is 2. The van der Waals surface area contributed by atoms with Gasteiger partial charge in [0.2, 0.25) is 15.9 Å². The van der Waals surface area contributed by atoms with E-state index < -0.39 is 131 Å². The molecular weight excluding hydrogens is 996 g/mol. The number of anilines is 1. The van der Waals surface area contributed by atoms with Gasteiger partial charge in [0.25, 0.3) is 5.92 Å². The third kappa shape index (κ3) is 9.05. The SMILES string of the molecule is CC(C)(CCc1ccc(-c2ccc(Cl)c3c(NS(=O)(=O)C4CC4)nn(CC(F)(F)F)c23)c([C@H](Cc2cc(F)cc(F)c2)NC(=O)Cn2nc(C(F)(F)F)c3c2C(F)(F)C2C[C@@]32C)n1)S(=O)(=O)C1CC1. The highest BCUT2D eigenvalue weighted by Crippen LogP contribution is 2.72. The Morgan fingerprint density at radius 3 is 2.14 bits per heavy atom. The van der Waals surface area contributed by atoms with Crippen molar-refractivity contribution in [2.24, 2.45) is 5.92 Å². The first-order valence-electron chi connectivity index (χ1n) is 21.7. The average molecular weight is 1040 g/mol. The number of alkyl halides is 8. The molecule has 0 aliphatic heterocycles. The van der Waals surface area contributed by atoms with E-state index in [0.29, 0.717) is 23.6 Å². The van der Waals surface area contributed by atoms with Crippen molar-refractivity contribution in [2.75, 3.05) is 4.72 Å². The van der Waals surface area contributed by atoms with Gasteiger partial charge >= 0.3 is 12.4 Å². The maximum atomic E-state index is 15.8. The van der Waals surface area contributed by atoms with Crippen molar-refractivity contribution in [2.45, 2.75) is 130 Å². The molecule has 12 nitrogen and oxygen atoms in total. The van der Waals surface area contributed by atoms with Crippen molar-refractivity contribution in [1.82, 2.24) is 29.9 Å². The highest BCUT2D eigenvalue weighted by Gasteiger charge is 2.75. The van der Waals surface area contributed by atoms with E-state index in [1.807, 2.05) is 0 Å². The molecule has 69 heavy (non-hydrogen) atoms. The van der Waals surface area contributed by atoms with Crippen molar-refractivity contribution >= 4 is 54.1 Å². The van der Waals surface area contributed by atoms with Gasteiger partial charge in [-0.05, 0) is 95.0 Å². The number of hydrogen-bond acceptors (Lipinski definition) is 8. The predicted molar refractivity (Wildman–Crippen MR) is 231 cm³/mol. The molecule has 0 bridgehead atoms. The quantitative estimate of drug-likeness (QED) is 0.0926. The third-order valence-electron chi connectivity index (χ3n) is 13.5. The summed E-state index contributed by atoms with van der Waals surface area (Å²) in [5.41, 5.74) is -5.90. The van der Waals surface area contributed by atoms with Crippen molar-refractivity contribution in [1.29, 1.82) is 0 Å². The van der Waals surface area contributed by atoms with Crippen LogP contribution in [-0.2, 0) is 68.1 Å². The van der Waals surface area contributed by atoms with Gasteiger partial charge in [-0.1, -0.05) is 30.7 Å². The second kappa shape index (κ2) is 16.3. The number of hydrogen-bond donors (Lipinski definition) is 2. The van der Waals surface area contributed by atoms with Crippen LogP contribution >= 0.6 is 11.6 Å². The maximum Gasteiger partial charge on any atom is 0.435 e. The molecule has 3 aromatic heterocycles. The number of halogens is 11. The van der Waals surface area contributed by atoms with Gasteiger partial charge < -0.3 is 5.32 Å². The fourth-order valence-electron chi connectivity index (χ4n) is 9.55. The van der Waals surface area contributed by atoms with E-state index in [1.54, 1.807) is 0 Å². The smallest absolute Gasteiger partial charge is 0.346 e. The Hall–Kier alpha value is -4.97. The summed E-state index contributed by atoms with van der Waals surface area (Å²) in [6.07, 6.45) is -9.58. The van der Waals surface area contributed by atoms with Gasteiger partial charge in [-0.25, -0.2) is 25.6 Å². The Balaban J connectivity index is 1.21. The zero-order valence-corrected chi connectivity index (χ0v) is 39.1. The second-order valence-electron chi connectivity index (χ2n) is 19.2. The van der Waals surface area contributed by atoms with E-state index in [2.05, 4.69) is 20.2 Å². The molecule has 9 rings (SSSR count). The topological polar surface area (TPSA) is 158 Å². The fraction of sp³-hybridized carbons (Fsp3) is 0.500. The first-order valence-corrected chi connectivity index (χ1v) is 25.2. The lowest BCUT2D eigenvalue weighted by atomic mass is 9.93. The van der Waals surface area contributed by atoms with E-state index in [-0.39, 0.29) is 80.8 Å². The van der Waals surface area contributed by atoms with Gasteiger partial charge in [0, 0.05) is 39.8 Å². The summed E-state index contributed by atoms with van der Waals surface area (Å²) in [6.45, 7) is 1.29. The predicted octanol–water partition coefficient (Wildman–Crippen LogP) is 9.48. The lowest BCUT2D eigenvalue weighted by molar-refractivity contribution is -0.143. The van der Waals surface area contributed by atoms with Crippen molar-refractivity contribution in [3.8, 4) is 11.1 Å². The van der Waals surface area contributed by atoms with Crippen molar-refractivity contribution < 1.29 is 65.5 Å². The second-order valence-corrected chi connectivity index (χ2v) is 24.4. The Morgan fingerprint density at radius 1 is 0.899 bits per heavy atom. The number of aryl methyl sites for hydroxylation is 1. The summed E-state index contributed by atoms with van der Waals surface area (Å²) in [4.78, 5) is 19.0. The molecule has 25 heteroatoms. The van der Waals surface area contributed by atoms with Crippen LogP contribution in [0.2, 0.25) is 5.02 Å². The number of nitrogens with one attached hydrogen (secondary N) is 2. The summed E-state index contributed by atoms with van der Waals surface area (Å²) in [7, 11) is -7.81. The van der Waals surface area contributed by atoms with Crippen LogP contribution < -0.4 is 10.0 Å². The largest absolute Gasteiger partial charge is 0.435 e. The molecule has 3 saturated carbocycles. The molecule has 3 heterocycles. The Morgan fingerprint density at radius 2 is 1.54 bits per heavy atom. The van der Waals surface area contributed by atoms with Crippen LogP contribution in [0.25, 0.3) is 22.0 Å². The zero-order valence-electron chi connectivity index (χ0n) is 36.7. The number of nitrogens with zero attached hydrogens (tertiary/aromatic N) is 5. The normalized spacial score (nSPS) is 20.8. The monoisotopic (exact) mass is 1040 g/mol. The number of pyridine rings is 1. The minimum Gasteiger partial charge on any atom is -0.346 e. The van der Waals surface area contributed by atoms with Gasteiger partial charge in [-0.2, -0.15) is 45.3 Å². The molecule has 3 atom stereocenters. The summed E-state index contributed by atoms with van der Waals surface area (Å²) in [5.74, 6) is -9.26. The zero-order chi connectivity index (χ0) is 50.2. The molecule has 372 valence electrons. The fourth-order valence-corrected chi connectivity index (χ4v) is 13.2. The minimum atomic E-state index is -5.20. The molecule has 1 amide bonds. The van der Waals surface area contributed by atoms with Crippen molar-refractivity contribution in [3.05, 3.63) is 93.0 Å². The molecule has 0 spiro atoms. The van der Waals surface area contributed by atoms with Crippen LogP contribution in [0.4, 0.5) is 49.7 Å². The standard InChI is InChI=1S/C44H42ClF10N7O5S2/c1-40(2,68(64,65)25-5-6-25)13-12-24-4-9-27(28-10-11-29(45)33-36(28)62(20-42(48,49)50)59-39(33)60-69(66,67)26-7-8-26)35(56-24)30(16-21-14-22(46)17-23(47)15-21)57-32(63)19-61-38-34(37(58-61)44(53,54)55)41(3)18-31(41)43(38,51)52/h4,9-11,14-15,17,25-26,30-31H,5-8,12-13,16,18-20H2,1-3H3,(H,57,63)(H,59,60)/t30-,31?,41+/m0/s1. The highest BCUT2D eigenvalue weighted by molar-refractivity contribution is 7.93. The van der Waals surface area contributed by atoms with Crippen molar-refractivity contribution in [3.63, 3.8) is 0 Å². The number of carbonyl (C=O) groups excluding carboxylic acids is 1.